The smallest absolute Gasteiger partial charge is 0.352 e. The van der Waals surface area contributed by atoms with E-state index in [4.69, 9.17) is 5.73 Å². The molecule has 7 heteroatoms. The molecular weight excluding hydrogens is 406 g/mol. The normalized spacial score (nSPS) is 20.9. The molecule has 1 saturated heterocycles. The van der Waals surface area contributed by atoms with Crippen molar-refractivity contribution in [2.24, 2.45) is 5.92 Å². The lowest BCUT2D eigenvalue weighted by molar-refractivity contribution is -0.674. The summed E-state index contributed by atoms with van der Waals surface area (Å²) in [5.41, 5.74) is 8.60. The Bertz CT molecular complexity index is 1300. The monoisotopic (exact) mass is 430 g/mol. The average molecular weight is 430 g/mol. The highest BCUT2D eigenvalue weighted by atomic mass is 16.4. The number of aliphatic carboxylic acids is 1. The van der Waals surface area contributed by atoms with Crippen molar-refractivity contribution < 1.29 is 24.4 Å². The number of β-lactam (4-membered cyclic amide) rings is 1. The molecule has 2 aliphatic rings. The molecule has 0 aliphatic carbocycles. The van der Waals surface area contributed by atoms with E-state index in [9.17, 15) is 19.8 Å². The van der Waals surface area contributed by atoms with Crippen LogP contribution in [0.4, 0.5) is 5.82 Å². The Morgan fingerprint density at radius 2 is 1.94 bits per heavy atom. The van der Waals surface area contributed by atoms with Crippen LogP contribution in [0.15, 0.2) is 66.5 Å². The van der Waals surface area contributed by atoms with Gasteiger partial charge in [0.2, 0.25) is 5.91 Å². The van der Waals surface area contributed by atoms with Crippen LogP contribution in [0.1, 0.15) is 24.5 Å². The van der Waals surface area contributed by atoms with E-state index >= 15 is 0 Å². The average Bonchev–Trinajstić information content (AvgIpc) is 3.10. The summed E-state index contributed by atoms with van der Waals surface area (Å²) in [4.78, 5) is 25.8. The molecule has 2 aromatic carbocycles. The molecule has 0 saturated carbocycles. The van der Waals surface area contributed by atoms with Gasteiger partial charge in [0.15, 0.2) is 0 Å². The quantitative estimate of drug-likeness (QED) is 0.425. The highest BCUT2D eigenvalue weighted by molar-refractivity contribution is 6.06. The second kappa shape index (κ2) is 7.46. The van der Waals surface area contributed by atoms with Crippen molar-refractivity contribution in [2.45, 2.75) is 32.0 Å². The Balaban J connectivity index is 1.48. The van der Waals surface area contributed by atoms with Gasteiger partial charge >= 0.3 is 5.97 Å². The molecule has 4 N–H and O–H groups in total. The molecule has 3 aromatic rings. The van der Waals surface area contributed by atoms with Crippen LogP contribution in [0, 0.1) is 5.92 Å². The zero-order chi connectivity index (χ0) is 22.6. The van der Waals surface area contributed by atoms with Gasteiger partial charge in [-0.1, -0.05) is 30.3 Å². The first kappa shape index (κ1) is 20.2. The third-order valence-electron chi connectivity index (χ3n) is 6.51. The molecule has 0 radical (unpaired) electrons. The first-order valence-electron chi connectivity index (χ1n) is 10.6. The van der Waals surface area contributed by atoms with Crippen LogP contribution in [0.5, 0.6) is 0 Å². The lowest BCUT2D eigenvalue weighted by Gasteiger charge is -2.44. The minimum absolute atomic E-state index is 0.0313. The number of carbonyl (C=O) groups excluding carboxylic acids is 1. The number of nitrogens with two attached hydrogens (primary N) is 1. The number of carboxylic acid groups (broad SMARTS) is 1. The minimum Gasteiger partial charge on any atom is -0.477 e. The van der Waals surface area contributed by atoms with Crippen molar-refractivity contribution in [2.75, 3.05) is 5.73 Å². The van der Waals surface area contributed by atoms with Crippen molar-refractivity contribution in [1.29, 1.82) is 0 Å². The van der Waals surface area contributed by atoms with Crippen molar-refractivity contribution in [1.82, 2.24) is 4.90 Å². The van der Waals surface area contributed by atoms with Gasteiger partial charge < -0.3 is 15.1 Å². The lowest BCUT2D eigenvalue weighted by Crippen LogP contribution is -2.61. The fourth-order valence-corrected chi connectivity index (χ4v) is 4.94. The molecule has 32 heavy (non-hydrogen) atoms. The summed E-state index contributed by atoms with van der Waals surface area (Å²) in [6.07, 6.45) is 1.56. The maximum Gasteiger partial charge on any atom is 0.352 e. The number of pyridine rings is 1. The van der Waals surface area contributed by atoms with E-state index in [1.165, 1.54) is 4.90 Å². The fourth-order valence-electron chi connectivity index (χ4n) is 4.94. The SMILES string of the molecule is C[C@@H](O)[C@H]1C(=O)N2C(C(=O)O)=C(c3ccc4cc(C[n+]5ccccc5N)ccc4c3)C[C@H]12. The Hall–Kier alpha value is -3.71. The van der Waals surface area contributed by atoms with Gasteiger partial charge in [-0.25, -0.2) is 9.36 Å². The van der Waals surface area contributed by atoms with Gasteiger partial charge in [0.1, 0.15) is 12.2 Å². The number of anilines is 1. The van der Waals surface area contributed by atoms with E-state index in [2.05, 4.69) is 6.07 Å². The number of amides is 1. The highest BCUT2D eigenvalue weighted by Crippen LogP contribution is 2.47. The van der Waals surface area contributed by atoms with Crippen LogP contribution in [0.3, 0.4) is 0 Å². The molecule has 3 heterocycles. The van der Waals surface area contributed by atoms with Crippen LogP contribution in [-0.2, 0) is 16.1 Å². The lowest BCUT2D eigenvalue weighted by atomic mass is 9.82. The molecule has 0 spiro atoms. The second-order valence-electron chi connectivity index (χ2n) is 8.53. The molecule has 1 fully saturated rings. The zero-order valence-corrected chi connectivity index (χ0v) is 17.6. The predicted molar refractivity (Wildman–Crippen MR) is 119 cm³/mol. The number of carboxylic acids is 1. The maximum absolute atomic E-state index is 12.5. The molecule has 1 aromatic heterocycles. The number of carbonyl (C=O) groups is 2. The third kappa shape index (κ3) is 3.13. The number of aliphatic hydroxyl groups excluding tert-OH is 1. The van der Waals surface area contributed by atoms with Gasteiger partial charge in [-0.3, -0.25) is 10.5 Å². The van der Waals surface area contributed by atoms with E-state index < -0.39 is 18.0 Å². The summed E-state index contributed by atoms with van der Waals surface area (Å²) in [5, 5.41) is 21.8. The third-order valence-corrected chi connectivity index (χ3v) is 6.51. The number of nitrogen functional groups attached to an aromatic ring is 1. The van der Waals surface area contributed by atoms with Gasteiger partial charge in [0, 0.05) is 6.07 Å². The van der Waals surface area contributed by atoms with Crippen LogP contribution >= 0.6 is 0 Å². The number of aliphatic hydroxyl groups is 1. The topological polar surface area (TPSA) is 108 Å². The Labute approximate surface area is 185 Å². The summed E-state index contributed by atoms with van der Waals surface area (Å²) in [7, 11) is 0. The molecule has 0 bridgehead atoms. The van der Waals surface area contributed by atoms with Gasteiger partial charge in [0.25, 0.3) is 5.82 Å². The Morgan fingerprint density at radius 3 is 2.66 bits per heavy atom. The van der Waals surface area contributed by atoms with Crippen molar-refractivity contribution in [3.63, 3.8) is 0 Å². The molecule has 1 amide bonds. The number of benzene rings is 2. The number of hydrogen-bond donors (Lipinski definition) is 3. The van der Waals surface area contributed by atoms with Crippen LogP contribution in [-0.4, -0.2) is 39.1 Å². The zero-order valence-electron chi connectivity index (χ0n) is 17.6. The van der Waals surface area contributed by atoms with Crippen molar-refractivity contribution in [3.8, 4) is 0 Å². The largest absolute Gasteiger partial charge is 0.477 e. The Morgan fingerprint density at radius 1 is 1.19 bits per heavy atom. The number of nitrogens with zero attached hydrogens (tertiary/aromatic N) is 2. The van der Waals surface area contributed by atoms with Crippen LogP contribution in [0.2, 0.25) is 0 Å². The predicted octanol–water partition coefficient (Wildman–Crippen LogP) is 2.16. The molecular formula is C25H24N3O4+. The van der Waals surface area contributed by atoms with Gasteiger partial charge in [0.05, 0.1) is 24.3 Å². The summed E-state index contributed by atoms with van der Waals surface area (Å²) in [6, 6.07) is 17.4. The first-order chi connectivity index (χ1) is 15.3. The second-order valence-corrected chi connectivity index (χ2v) is 8.53. The van der Waals surface area contributed by atoms with Gasteiger partial charge in [-0.15, -0.1) is 0 Å². The maximum atomic E-state index is 12.5. The summed E-state index contributed by atoms with van der Waals surface area (Å²) in [5.74, 6) is -1.30. The molecule has 162 valence electrons. The van der Waals surface area contributed by atoms with Crippen molar-refractivity contribution >= 4 is 34.0 Å². The van der Waals surface area contributed by atoms with Crippen molar-refractivity contribution in [3.05, 3.63) is 77.6 Å². The van der Waals surface area contributed by atoms with E-state index in [1.807, 2.05) is 59.3 Å². The van der Waals surface area contributed by atoms with E-state index in [1.54, 1.807) is 6.92 Å². The van der Waals surface area contributed by atoms with Crippen LogP contribution in [0.25, 0.3) is 16.3 Å². The molecule has 7 nitrogen and oxygen atoms in total. The minimum atomic E-state index is -1.12. The van der Waals surface area contributed by atoms with Crippen LogP contribution < -0.4 is 10.3 Å². The van der Waals surface area contributed by atoms with Gasteiger partial charge in [-0.05, 0) is 59.0 Å². The van der Waals surface area contributed by atoms with E-state index in [0.29, 0.717) is 24.4 Å². The standard InChI is InChI=1S/C25H23N3O4/c1-14(29)22-20-12-19(23(25(31)32)28(20)24(22)30)18-8-7-16-10-15(5-6-17(16)11-18)13-27-9-3-2-4-21(27)26/h2-11,14,20,22,26,29H,12-13H2,1H3,(H,31,32)/p+1/t14-,20-,22-/m1/s1. The number of fused-ring (bicyclic) bond motifs is 2. The van der Waals surface area contributed by atoms with Gasteiger partial charge in [-0.2, -0.15) is 0 Å². The number of hydrogen-bond acceptors (Lipinski definition) is 4. The summed E-state index contributed by atoms with van der Waals surface area (Å²) in [6.45, 7) is 2.23. The number of rotatable bonds is 5. The molecule has 5 rings (SSSR count). The first-order valence-corrected chi connectivity index (χ1v) is 10.6. The van der Waals surface area contributed by atoms with E-state index in [0.717, 1.165) is 21.9 Å². The highest BCUT2D eigenvalue weighted by Gasteiger charge is 2.56. The molecule has 0 unspecified atom stereocenters. The van der Waals surface area contributed by atoms with E-state index in [-0.39, 0.29) is 17.6 Å². The Kier molecular flexibility index (Phi) is 4.71. The summed E-state index contributed by atoms with van der Waals surface area (Å²) < 4.78 is 1.97. The summed E-state index contributed by atoms with van der Waals surface area (Å²) >= 11 is 0. The molecule has 2 aliphatic heterocycles. The fraction of sp³-hybridized carbons (Fsp3) is 0.240. The molecule has 3 atom stereocenters. The number of aromatic nitrogens is 1.